The summed E-state index contributed by atoms with van der Waals surface area (Å²) in [4.78, 5) is 12.6. The molecule has 8 heteroatoms. The van der Waals surface area contributed by atoms with Crippen LogP contribution in [0.4, 0.5) is 5.82 Å². The highest BCUT2D eigenvalue weighted by Crippen LogP contribution is 2.32. The molecule has 3 rings (SSSR count). The maximum Gasteiger partial charge on any atom is 0.243 e. The number of carbonyl (C=O) groups is 1. The third-order valence-corrected chi connectivity index (χ3v) is 4.50. The lowest BCUT2D eigenvalue weighted by molar-refractivity contribution is -0.115. The summed E-state index contributed by atoms with van der Waals surface area (Å²) in [6.45, 7) is 2.51. The first-order valence-electron chi connectivity index (χ1n) is 6.90. The molecule has 2 aromatic rings. The number of hydrogen-bond donors (Lipinski definition) is 4. The smallest absolute Gasteiger partial charge is 0.243 e. The Morgan fingerprint density at radius 2 is 2.27 bits per heavy atom. The number of aromatic nitrogens is 1. The summed E-state index contributed by atoms with van der Waals surface area (Å²) in [7, 11) is 0. The molecule has 0 spiro atoms. The Hall–Kier alpha value is -1.87. The van der Waals surface area contributed by atoms with Gasteiger partial charge in [-0.2, -0.15) is 5.53 Å². The van der Waals surface area contributed by atoms with Gasteiger partial charge in [-0.3, -0.25) is 4.79 Å². The minimum atomic E-state index is -0.350. The van der Waals surface area contributed by atoms with Gasteiger partial charge in [-0.25, -0.2) is 10.9 Å². The maximum absolute atomic E-state index is 12.6. The monoisotopic (exact) mass is 319 g/mol. The van der Waals surface area contributed by atoms with Gasteiger partial charge >= 0.3 is 0 Å². The molecule has 2 heterocycles. The second-order valence-electron chi connectivity index (χ2n) is 4.88. The van der Waals surface area contributed by atoms with E-state index in [4.69, 9.17) is 4.52 Å². The molecule has 0 aliphatic carbocycles. The van der Waals surface area contributed by atoms with Crippen LogP contribution in [-0.4, -0.2) is 23.0 Å². The van der Waals surface area contributed by atoms with Gasteiger partial charge in [-0.1, -0.05) is 35.5 Å². The Labute approximate surface area is 132 Å². The molecule has 1 aliphatic heterocycles. The number of benzene rings is 1. The Kier molecular flexibility index (Phi) is 4.74. The maximum atomic E-state index is 12.6. The molecule has 1 saturated heterocycles. The second kappa shape index (κ2) is 6.93. The minimum Gasteiger partial charge on any atom is -0.360 e. The van der Waals surface area contributed by atoms with Crippen LogP contribution in [0.3, 0.4) is 0 Å². The van der Waals surface area contributed by atoms with E-state index in [1.807, 2.05) is 30.3 Å². The fraction of sp³-hybridized carbons (Fsp3) is 0.286. The van der Waals surface area contributed by atoms with Crippen molar-refractivity contribution in [1.82, 2.24) is 21.5 Å². The molecule has 2 unspecified atom stereocenters. The van der Waals surface area contributed by atoms with Crippen molar-refractivity contribution in [2.75, 3.05) is 11.9 Å². The van der Waals surface area contributed by atoms with E-state index in [1.165, 1.54) is 11.8 Å². The SMILES string of the molecule is Cc1cc(NC(=O)C(SC2CNNN2)c2ccccc2)no1. The van der Waals surface area contributed by atoms with E-state index in [0.717, 1.165) is 12.1 Å². The van der Waals surface area contributed by atoms with Gasteiger partial charge in [0.1, 0.15) is 11.0 Å². The third-order valence-electron chi connectivity index (χ3n) is 3.13. The van der Waals surface area contributed by atoms with Crippen molar-refractivity contribution >= 4 is 23.5 Å². The molecule has 22 heavy (non-hydrogen) atoms. The molecule has 116 valence electrons. The van der Waals surface area contributed by atoms with E-state index in [1.54, 1.807) is 13.0 Å². The quantitative estimate of drug-likeness (QED) is 0.661. The van der Waals surface area contributed by atoms with Gasteiger partial charge < -0.3 is 9.84 Å². The van der Waals surface area contributed by atoms with Crippen molar-refractivity contribution < 1.29 is 9.32 Å². The first kappa shape index (κ1) is 15.0. The highest BCUT2D eigenvalue weighted by Gasteiger charge is 2.27. The van der Waals surface area contributed by atoms with Crippen LogP contribution in [0, 0.1) is 6.92 Å². The van der Waals surface area contributed by atoms with Crippen LogP contribution in [0.15, 0.2) is 40.9 Å². The van der Waals surface area contributed by atoms with Gasteiger partial charge in [0.15, 0.2) is 5.82 Å². The van der Waals surface area contributed by atoms with Crippen molar-refractivity contribution in [3.8, 4) is 0 Å². The van der Waals surface area contributed by atoms with Gasteiger partial charge in [0.2, 0.25) is 5.91 Å². The fourth-order valence-electron chi connectivity index (χ4n) is 2.11. The van der Waals surface area contributed by atoms with E-state index in [-0.39, 0.29) is 16.5 Å². The van der Waals surface area contributed by atoms with Crippen molar-refractivity contribution in [3.63, 3.8) is 0 Å². The van der Waals surface area contributed by atoms with Crippen LogP contribution >= 0.6 is 11.8 Å². The summed E-state index contributed by atoms with van der Waals surface area (Å²) in [6, 6.07) is 11.4. The number of thioether (sulfide) groups is 1. The van der Waals surface area contributed by atoms with Crippen LogP contribution in [0.25, 0.3) is 0 Å². The largest absolute Gasteiger partial charge is 0.360 e. The fourth-order valence-corrected chi connectivity index (χ4v) is 3.24. The predicted octanol–water partition coefficient (Wildman–Crippen LogP) is 1.33. The van der Waals surface area contributed by atoms with E-state index in [9.17, 15) is 4.79 Å². The van der Waals surface area contributed by atoms with E-state index in [2.05, 4.69) is 26.9 Å². The summed E-state index contributed by atoms with van der Waals surface area (Å²) < 4.78 is 4.98. The molecule has 1 aromatic heterocycles. The Bertz CT molecular complexity index is 627. The lowest BCUT2D eigenvalue weighted by atomic mass is 10.1. The number of hydrogen-bond acceptors (Lipinski definition) is 7. The van der Waals surface area contributed by atoms with Gasteiger partial charge in [0.25, 0.3) is 0 Å². The van der Waals surface area contributed by atoms with Crippen LogP contribution in [0.1, 0.15) is 16.6 Å². The highest BCUT2D eigenvalue weighted by molar-refractivity contribution is 8.00. The number of carbonyl (C=O) groups excluding carboxylic acids is 1. The summed E-state index contributed by atoms with van der Waals surface area (Å²) in [5, 5.41) is 6.35. The average Bonchev–Trinajstić information content (AvgIpc) is 3.17. The van der Waals surface area contributed by atoms with Gasteiger partial charge in [0, 0.05) is 12.6 Å². The zero-order valence-corrected chi connectivity index (χ0v) is 12.8. The molecule has 1 amide bonds. The number of nitrogens with one attached hydrogen (secondary N) is 4. The van der Waals surface area contributed by atoms with Crippen LogP contribution in [0.2, 0.25) is 0 Å². The number of rotatable bonds is 5. The Morgan fingerprint density at radius 3 is 2.91 bits per heavy atom. The zero-order chi connectivity index (χ0) is 15.4. The molecule has 1 aliphatic rings. The number of nitrogens with zero attached hydrogens (tertiary/aromatic N) is 1. The molecule has 2 atom stereocenters. The first-order valence-corrected chi connectivity index (χ1v) is 7.84. The molecule has 0 saturated carbocycles. The molecular formula is C14H17N5O2S. The lowest BCUT2D eigenvalue weighted by Gasteiger charge is -2.19. The van der Waals surface area contributed by atoms with Gasteiger partial charge in [0.05, 0.1) is 5.37 Å². The number of anilines is 1. The average molecular weight is 319 g/mol. The lowest BCUT2D eigenvalue weighted by Crippen LogP contribution is -2.33. The van der Waals surface area contributed by atoms with Crippen LogP contribution in [-0.2, 0) is 4.79 Å². The van der Waals surface area contributed by atoms with Crippen molar-refractivity contribution in [2.24, 2.45) is 0 Å². The second-order valence-corrected chi connectivity index (χ2v) is 6.19. The number of hydrazine groups is 2. The summed E-state index contributed by atoms with van der Waals surface area (Å²) in [5.41, 5.74) is 9.83. The van der Waals surface area contributed by atoms with Crippen molar-refractivity contribution in [3.05, 3.63) is 47.7 Å². The Balaban J connectivity index is 1.76. The van der Waals surface area contributed by atoms with Crippen molar-refractivity contribution in [1.29, 1.82) is 0 Å². The van der Waals surface area contributed by atoms with Crippen LogP contribution < -0.4 is 21.7 Å². The van der Waals surface area contributed by atoms with Gasteiger partial charge in [-0.05, 0) is 12.5 Å². The number of aryl methyl sites for hydroxylation is 1. The van der Waals surface area contributed by atoms with E-state index >= 15 is 0 Å². The summed E-state index contributed by atoms with van der Waals surface area (Å²) in [6.07, 6.45) is 0. The molecule has 0 bridgehead atoms. The standard InChI is InChI=1S/C14H17N5O2S/c1-9-7-11(18-21-9)16-14(20)13(10-5-3-2-4-6-10)22-12-8-15-19-17-12/h2-7,12-13,15,17,19H,8H2,1H3,(H,16,18,20). The topological polar surface area (TPSA) is 91.2 Å². The molecule has 7 nitrogen and oxygen atoms in total. The minimum absolute atomic E-state index is 0.0926. The van der Waals surface area contributed by atoms with E-state index < -0.39 is 0 Å². The van der Waals surface area contributed by atoms with E-state index in [0.29, 0.717) is 11.6 Å². The first-order chi connectivity index (χ1) is 10.7. The predicted molar refractivity (Wildman–Crippen MR) is 84.7 cm³/mol. The van der Waals surface area contributed by atoms with Crippen molar-refractivity contribution in [2.45, 2.75) is 17.5 Å². The normalized spacial score (nSPS) is 19.0. The Morgan fingerprint density at radius 1 is 1.45 bits per heavy atom. The third kappa shape index (κ3) is 3.66. The van der Waals surface area contributed by atoms with Gasteiger partial charge in [-0.15, -0.1) is 11.8 Å². The number of amides is 1. The summed E-state index contributed by atoms with van der Waals surface area (Å²) in [5.74, 6) is 0.961. The molecule has 0 radical (unpaired) electrons. The molecule has 1 aromatic carbocycles. The molecule has 4 N–H and O–H groups in total. The zero-order valence-electron chi connectivity index (χ0n) is 12.0. The molecule has 1 fully saturated rings. The van der Waals surface area contributed by atoms with Crippen LogP contribution in [0.5, 0.6) is 0 Å². The highest BCUT2D eigenvalue weighted by atomic mass is 32.2. The summed E-state index contributed by atoms with van der Waals surface area (Å²) >= 11 is 1.53. The molecular weight excluding hydrogens is 302 g/mol.